The summed E-state index contributed by atoms with van der Waals surface area (Å²) in [7, 11) is 2.80. The summed E-state index contributed by atoms with van der Waals surface area (Å²) < 4.78 is 45.2. The van der Waals surface area contributed by atoms with E-state index in [4.69, 9.17) is 9.47 Å². The Bertz CT molecular complexity index is 259. The van der Waals surface area contributed by atoms with Gasteiger partial charge in [0.05, 0.1) is 6.54 Å². The van der Waals surface area contributed by atoms with Gasteiger partial charge in [-0.1, -0.05) is 0 Å². The lowest BCUT2D eigenvalue weighted by Gasteiger charge is -2.15. The summed E-state index contributed by atoms with van der Waals surface area (Å²) in [4.78, 5) is 10.6. The Kier molecular flexibility index (Phi) is 6.05. The molecular formula is C9H14F3NO3. The first kappa shape index (κ1) is 14.9. The molecule has 4 nitrogen and oxygen atoms in total. The van der Waals surface area contributed by atoms with Gasteiger partial charge in [-0.05, 0) is 6.92 Å². The number of alkyl halides is 3. The average Bonchev–Trinajstić information content (AvgIpc) is 2.17. The van der Waals surface area contributed by atoms with Crippen molar-refractivity contribution in [3.8, 4) is 0 Å². The van der Waals surface area contributed by atoms with Crippen LogP contribution in [0.25, 0.3) is 0 Å². The zero-order valence-electron chi connectivity index (χ0n) is 9.22. The first-order chi connectivity index (χ1) is 7.31. The third kappa shape index (κ3) is 5.72. The fraction of sp³-hybridized carbons (Fsp3) is 0.667. The van der Waals surface area contributed by atoms with Crippen molar-refractivity contribution in [3.63, 3.8) is 0 Å². The number of halogens is 3. The molecule has 0 aliphatic heterocycles. The van der Waals surface area contributed by atoms with E-state index < -0.39 is 18.2 Å². The van der Waals surface area contributed by atoms with Crippen molar-refractivity contribution in [3.05, 3.63) is 11.8 Å². The molecule has 0 aliphatic carbocycles. The molecule has 0 atom stereocenters. The Labute approximate surface area is 91.4 Å². The van der Waals surface area contributed by atoms with Crippen molar-refractivity contribution in [1.29, 1.82) is 0 Å². The monoisotopic (exact) mass is 241 g/mol. The summed E-state index contributed by atoms with van der Waals surface area (Å²) in [6.07, 6.45) is -4.93. The third-order valence-corrected chi connectivity index (χ3v) is 1.70. The first-order valence-corrected chi connectivity index (χ1v) is 4.40. The highest BCUT2D eigenvalue weighted by molar-refractivity contribution is 5.94. The van der Waals surface area contributed by atoms with Crippen molar-refractivity contribution in [1.82, 2.24) is 5.32 Å². The lowest BCUT2D eigenvalue weighted by molar-refractivity contribution is -0.165. The van der Waals surface area contributed by atoms with Crippen molar-refractivity contribution in [2.24, 2.45) is 0 Å². The molecule has 7 heteroatoms. The van der Waals surface area contributed by atoms with Crippen LogP contribution in [-0.2, 0) is 14.3 Å². The number of methoxy groups -OCH3 is 2. The van der Waals surface area contributed by atoms with Gasteiger partial charge in [0.15, 0.2) is 6.29 Å². The number of ether oxygens (including phenoxy) is 2. The van der Waals surface area contributed by atoms with Gasteiger partial charge in [-0.2, -0.15) is 13.2 Å². The van der Waals surface area contributed by atoms with Crippen LogP contribution in [-0.4, -0.2) is 39.0 Å². The molecule has 0 fully saturated rings. The predicted octanol–water partition coefficient (Wildman–Crippen LogP) is 1.23. The van der Waals surface area contributed by atoms with E-state index >= 15 is 0 Å². The lowest BCUT2D eigenvalue weighted by atomic mass is 10.3. The second-order valence-corrected chi connectivity index (χ2v) is 2.97. The molecule has 0 bridgehead atoms. The molecule has 0 aromatic carbocycles. The van der Waals surface area contributed by atoms with E-state index in [1.165, 1.54) is 21.1 Å². The highest BCUT2D eigenvalue weighted by atomic mass is 19.4. The summed E-state index contributed by atoms with van der Waals surface area (Å²) in [6, 6.07) is 0. The van der Waals surface area contributed by atoms with E-state index in [9.17, 15) is 18.0 Å². The molecule has 0 radical (unpaired) electrons. The quantitative estimate of drug-likeness (QED) is 0.561. The highest BCUT2D eigenvalue weighted by Crippen LogP contribution is 2.16. The maximum Gasteiger partial charge on any atom is 0.454 e. The smallest absolute Gasteiger partial charge is 0.383 e. The molecule has 0 spiro atoms. The van der Waals surface area contributed by atoms with Gasteiger partial charge in [-0.15, -0.1) is 0 Å². The van der Waals surface area contributed by atoms with E-state index in [1.807, 2.05) is 0 Å². The summed E-state index contributed by atoms with van der Waals surface area (Å²) in [5.41, 5.74) is 0.0985. The Morgan fingerprint density at radius 1 is 1.38 bits per heavy atom. The molecular weight excluding hydrogens is 227 g/mol. The number of carbonyl (C=O) groups is 1. The number of nitrogens with one attached hydrogen (secondary N) is 1. The maximum absolute atomic E-state index is 11.9. The Morgan fingerprint density at radius 2 is 1.88 bits per heavy atom. The number of ketones is 1. The topological polar surface area (TPSA) is 47.6 Å². The average molecular weight is 241 g/mol. The molecule has 0 aromatic heterocycles. The van der Waals surface area contributed by atoms with Crippen molar-refractivity contribution >= 4 is 5.78 Å². The Morgan fingerprint density at radius 3 is 2.25 bits per heavy atom. The van der Waals surface area contributed by atoms with Crippen LogP contribution in [0.1, 0.15) is 6.92 Å². The zero-order chi connectivity index (χ0) is 12.8. The minimum Gasteiger partial charge on any atom is -0.383 e. The lowest BCUT2D eigenvalue weighted by Crippen LogP contribution is -2.29. The number of carbonyl (C=O) groups excluding carboxylic acids is 1. The van der Waals surface area contributed by atoms with Crippen molar-refractivity contribution in [2.75, 3.05) is 20.8 Å². The minimum atomic E-state index is -4.84. The number of rotatable bonds is 6. The van der Waals surface area contributed by atoms with Gasteiger partial charge in [-0.25, -0.2) is 0 Å². The number of allylic oxidation sites excluding steroid dienone is 2. The second-order valence-electron chi connectivity index (χ2n) is 2.97. The number of hydrogen-bond acceptors (Lipinski definition) is 4. The van der Waals surface area contributed by atoms with Gasteiger partial charge < -0.3 is 14.8 Å². The third-order valence-electron chi connectivity index (χ3n) is 1.70. The Hall–Kier alpha value is -1.08. The van der Waals surface area contributed by atoms with Crippen molar-refractivity contribution in [2.45, 2.75) is 19.4 Å². The van der Waals surface area contributed by atoms with E-state index in [1.54, 1.807) is 0 Å². The van der Waals surface area contributed by atoms with Crippen LogP contribution in [0.4, 0.5) is 13.2 Å². The van der Waals surface area contributed by atoms with E-state index in [0.717, 1.165) is 0 Å². The van der Waals surface area contributed by atoms with Crippen LogP contribution < -0.4 is 5.32 Å². The fourth-order valence-electron chi connectivity index (χ4n) is 0.837. The second kappa shape index (κ2) is 6.49. The van der Waals surface area contributed by atoms with Gasteiger partial charge in [0.25, 0.3) is 5.78 Å². The molecule has 0 unspecified atom stereocenters. The van der Waals surface area contributed by atoms with Crippen LogP contribution in [0.15, 0.2) is 11.8 Å². The highest BCUT2D eigenvalue weighted by Gasteiger charge is 2.36. The summed E-state index contributed by atoms with van der Waals surface area (Å²) >= 11 is 0. The summed E-state index contributed by atoms with van der Waals surface area (Å²) in [5.74, 6) is -1.90. The molecule has 0 aliphatic rings. The summed E-state index contributed by atoms with van der Waals surface area (Å²) in [6.45, 7) is 1.51. The standard InChI is InChI=1S/C9H14F3NO3/c1-6(4-7(14)9(10,11)12)13-5-8(15-2)16-3/h4,8,13H,5H2,1-3H3. The van der Waals surface area contributed by atoms with Gasteiger partial charge in [0.1, 0.15) is 0 Å². The SMILES string of the molecule is COC(CNC(C)=CC(=O)C(F)(F)F)OC. The van der Waals surface area contributed by atoms with Crippen molar-refractivity contribution < 1.29 is 27.4 Å². The maximum atomic E-state index is 11.9. The van der Waals surface area contributed by atoms with E-state index in [2.05, 4.69) is 5.32 Å². The van der Waals surface area contributed by atoms with Crippen LogP contribution >= 0.6 is 0 Å². The fourth-order valence-corrected chi connectivity index (χ4v) is 0.837. The Balaban J connectivity index is 4.20. The molecule has 16 heavy (non-hydrogen) atoms. The van der Waals surface area contributed by atoms with Gasteiger partial charge >= 0.3 is 6.18 Å². The minimum absolute atomic E-state index is 0.0985. The molecule has 0 aromatic rings. The first-order valence-electron chi connectivity index (χ1n) is 4.40. The van der Waals surface area contributed by atoms with Crippen LogP contribution in [0.3, 0.4) is 0 Å². The van der Waals surface area contributed by atoms with Gasteiger partial charge in [0, 0.05) is 26.0 Å². The van der Waals surface area contributed by atoms with Crippen LogP contribution in [0.5, 0.6) is 0 Å². The molecule has 0 rings (SSSR count). The molecule has 1 N–H and O–H groups in total. The van der Waals surface area contributed by atoms with Gasteiger partial charge in [-0.3, -0.25) is 4.79 Å². The largest absolute Gasteiger partial charge is 0.454 e. The van der Waals surface area contributed by atoms with Gasteiger partial charge in [0.2, 0.25) is 0 Å². The molecule has 0 saturated heterocycles. The van der Waals surface area contributed by atoms with Crippen LogP contribution in [0.2, 0.25) is 0 Å². The molecule has 0 saturated carbocycles. The zero-order valence-corrected chi connectivity index (χ0v) is 9.22. The molecule has 94 valence electrons. The summed E-state index contributed by atoms with van der Waals surface area (Å²) in [5, 5.41) is 2.58. The normalized spacial score (nSPS) is 13.1. The molecule has 0 heterocycles. The predicted molar refractivity (Wildman–Crippen MR) is 50.6 cm³/mol. The van der Waals surface area contributed by atoms with E-state index in [0.29, 0.717) is 6.08 Å². The van der Waals surface area contributed by atoms with E-state index in [-0.39, 0.29) is 12.2 Å². The van der Waals surface area contributed by atoms with Crippen LogP contribution in [0, 0.1) is 0 Å². The number of hydrogen-bond donors (Lipinski definition) is 1. The molecule has 0 amide bonds.